The molecule has 0 radical (unpaired) electrons. The highest BCUT2D eigenvalue weighted by Gasteiger charge is 2.26. The number of hydrogen-bond donors (Lipinski definition) is 1. The van der Waals surface area contributed by atoms with Crippen molar-refractivity contribution in [3.8, 4) is 0 Å². The molecule has 8 nitrogen and oxygen atoms in total. The van der Waals surface area contributed by atoms with Gasteiger partial charge >= 0.3 is 0 Å². The van der Waals surface area contributed by atoms with Gasteiger partial charge in [0, 0.05) is 24.7 Å². The number of rotatable bonds is 5. The Morgan fingerprint density at radius 3 is 2.70 bits per heavy atom. The third kappa shape index (κ3) is 3.50. The quantitative estimate of drug-likeness (QED) is 0.624. The number of nitrogens with zero attached hydrogens (tertiary/aromatic N) is 2. The van der Waals surface area contributed by atoms with E-state index in [0.29, 0.717) is 19.4 Å². The van der Waals surface area contributed by atoms with Crippen LogP contribution in [0, 0.1) is 17.0 Å². The molecular formula is C18H19N3O5S. The molecule has 0 saturated carbocycles. The van der Waals surface area contributed by atoms with Gasteiger partial charge in [-0.1, -0.05) is 13.0 Å². The van der Waals surface area contributed by atoms with Gasteiger partial charge in [0.2, 0.25) is 5.91 Å². The predicted molar refractivity (Wildman–Crippen MR) is 101 cm³/mol. The van der Waals surface area contributed by atoms with Gasteiger partial charge in [0.15, 0.2) is 0 Å². The molecule has 3 rings (SSSR count). The summed E-state index contributed by atoms with van der Waals surface area (Å²) < 4.78 is 27.9. The Kier molecular flexibility index (Phi) is 4.88. The SMILES string of the molecule is CCC(=O)N1CCc2cc(S(=O)(=O)Nc3cccc([N+](=O)[O-])c3C)ccc21. The average molecular weight is 389 g/mol. The fourth-order valence-electron chi connectivity index (χ4n) is 3.13. The van der Waals surface area contributed by atoms with Gasteiger partial charge < -0.3 is 4.90 Å². The molecule has 2 aromatic rings. The summed E-state index contributed by atoms with van der Waals surface area (Å²) in [5.41, 5.74) is 1.76. The Bertz CT molecular complexity index is 1030. The molecule has 1 aliphatic rings. The Balaban J connectivity index is 1.92. The summed E-state index contributed by atoms with van der Waals surface area (Å²) in [6.45, 7) is 3.81. The van der Waals surface area contributed by atoms with E-state index >= 15 is 0 Å². The lowest BCUT2D eigenvalue weighted by Gasteiger charge is -2.17. The Hall–Kier alpha value is -2.94. The molecule has 0 bridgehead atoms. The van der Waals surface area contributed by atoms with E-state index in [-0.39, 0.29) is 27.7 Å². The minimum Gasteiger partial charge on any atom is -0.312 e. The number of carbonyl (C=O) groups excluding carboxylic acids is 1. The molecule has 27 heavy (non-hydrogen) atoms. The van der Waals surface area contributed by atoms with Gasteiger partial charge in [-0.15, -0.1) is 0 Å². The summed E-state index contributed by atoms with van der Waals surface area (Å²) in [7, 11) is -3.92. The molecule has 0 aromatic heterocycles. The fraction of sp³-hybridized carbons (Fsp3) is 0.278. The molecular weight excluding hydrogens is 370 g/mol. The lowest BCUT2D eigenvalue weighted by molar-refractivity contribution is -0.385. The molecule has 1 heterocycles. The first kappa shape index (κ1) is 18.8. The topological polar surface area (TPSA) is 110 Å². The van der Waals surface area contributed by atoms with Crippen molar-refractivity contribution in [3.63, 3.8) is 0 Å². The zero-order valence-corrected chi connectivity index (χ0v) is 15.7. The Morgan fingerprint density at radius 2 is 2.04 bits per heavy atom. The first-order chi connectivity index (χ1) is 12.7. The third-order valence-corrected chi connectivity index (χ3v) is 5.97. The van der Waals surface area contributed by atoms with Crippen molar-refractivity contribution in [1.29, 1.82) is 0 Å². The van der Waals surface area contributed by atoms with E-state index in [2.05, 4.69) is 4.72 Å². The number of amides is 1. The maximum atomic E-state index is 12.7. The van der Waals surface area contributed by atoms with E-state index in [0.717, 1.165) is 11.3 Å². The molecule has 1 aliphatic heterocycles. The van der Waals surface area contributed by atoms with E-state index in [1.807, 2.05) is 0 Å². The van der Waals surface area contributed by atoms with E-state index in [1.165, 1.54) is 31.2 Å². The van der Waals surface area contributed by atoms with Gasteiger partial charge in [0.05, 0.1) is 21.1 Å². The molecule has 0 atom stereocenters. The first-order valence-corrected chi connectivity index (χ1v) is 9.93. The second-order valence-corrected chi connectivity index (χ2v) is 7.93. The summed E-state index contributed by atoms with van der Waals surface area (Å²) in [4.78, 5) is 24.2. The highest BCUT2D eigenvalue weighted by molar-refractivity contribution is 7.92. The molecule has 0 fully saturated rings. The van der Waals surface area contributed by atoms with Crippen LogP contribution in [0.15, 0.2) is 41.3 Å². The van der Waals surface area contributed by atoms with Crippen molar-refractivity contribution >= 4 is 33.0 Å². The third-order valence-electron chi connectivity index (χ3n) is 4.61. The molecule has 9 heteroatoms. The van der Waals surface area contributed by atoms with Gasteiger partial charge in [-0.2, -0.15) is 0 Å². The zero-order chi connectivity index (χ0) is 19.8. The van der Waals surface area contributed by atoms with Crippen molar-refractivity contribution < 1.29 is 18.1 Å². The monoisotopic (exact) mass is 389 g/mol. The summed E-state index contributed by atoms with van der Waals surface area (Å²) in [6.07, 6.45) is 0.966. The molecule has 0 saturated heterocycles. The van der Waals surface area contributed by atoms with E-state index < -0.39 is 14.9 Å². The maximum absolute atomic E-state index is 12.7. The normalized spacial score (nSPS) is 13.3. The van der Waals surface area contributed by atoms with Crippen LogP contribution in [0.3, 0.4) is 0 Å². The molecule has 0 aliphatic carbocycles. The largest absolute Gasteiger partial charge is 0.312 e. The Labute approximate surface area is 157 Å². The van der Waals surface area contributed by atoms with Crippen LogP contribution < -0.4 is 9.62 Å². The second-order valence-electron chi connectivity index (χ2n) is 6.25. The lowest BCUT2D eigenvalue weighted by atomic mass is 10.2. The van der Waals surface area contributed by atoms with Gasteiger partial charge in [-0.05, 0) is 43.2 Å². The molecule has 1 N–H and O–H groups in total. The van der Waals surface area contributed by atoms with Crippen molar-refractivity contribution in [1.82, 2.24) is 0 Å². The molecule has 2 aromatic carbocycles. The van der Waals surface area contributed by atoms with Crippen LogP contribution >= 0.6 is 0 Å². The van der Waals surface area contributed by atoms with Crippen molar-refractivity contribution in [2.45, 2.75) is 31.6 Å². The van der Waals surface area contributed by atoms with Gasteiger partial charge in [-0.3, -0.25) is 19.6 Å². The number of anilines is 2. The Morgan fingerprint density at radius 1 is 1.30 bits per heavy atom. The van der Waals surface area contributed by atoms with Gasteiger partial charge in [0.25, 0.3) is 15.7 Å². The number of carbonyl (C=O) groups is 1. The van der Waals surface area contributed by atoms with Crippen molar-refractivity contribution in [2.75, 3.05) is 16.2 Å². The highest BCUT2D eigenvalue weighted by atomic mass is 32.2. The minimum absolute atomic E-state index is 0.00491. The predicted octanol–water partition coefficient (Wildman–Crippen LogP) is 3.00. The molecule has 0 spiro atoms. The minimum atomic E-state index is -3.92. The first-order valence-electron chi connectivity index (χ1n) is 8.44. The summed E-state index contributed by atoms with van der Waals surface area (Å²) in [5, 5.41) is 11.0. The summed E-state index contributed by atoms with van der Waals surface area (Å²) in [5.74, 6) is -0.00491. The van der Waals surface area contributed by atoms with Crippen LogP contribution in [0.5, 0.6) is 0 Å². The number of hydrogen-bond acceptors (Lipinski definition) is 5. The van der Waals surface area contributed by atoms with E-state index in [9.17, 15) is 23.3 Å². The number of fused-ring (bicyclic) bond motifs is 1. The van der Waals surface area contributed by atoms with E-state index in [1.54, 1.807) is 24.0 Å². The number of nitro groups is 1. The molecule has 142 valence electrons. The lowest BCUT2D eigenvalue weighted by Crippen LogP contribution is -2.27. The number of nitro benzene ring substituents is 1. The second kappa shape index (κ2) is 6.99. The smallest absolute Gasteiger partial charge is 0.274 e. The number of sulfonamides is 1. The summed E-state index contributed by atoms with van der Waals surface area (Å²) >= 11 is 0. The molecule has 1 amide bonds. The maximum Gasteiger partial charge on any atom is 0.274 e. The van der Waals surface area contributed by atoms with Crippen LogP contribution in [0.1, 0.15) is 24.5 Å². The van der Waals surface area contributed by atoms with E-state index in [4.69, 9.17) is 0 Å². The average Bonchev–Trinajstić information content (AvgIpc) is 3.05. The van der Waals surface area contributed by atoms with Crippen LogP contribution in [0.2, 0.25) is 0 Å². The van der Waals surface area contributed by atoms with Gasteiger partial charge in [-0.25, -0.2) is 8.42 Å². The van der Waals surface area contributed by atoms with Crippen molar-refractivity contribution in [3.05, 3.63) is 57.6 Å². The fourth-order valence-corrected chi connectivity index (χ4v) is 4.30. The van der Waals surface area contributed by atoms with Crippen LogP contribution in [0.4, 0.5) is 17.1 Å². The van der Waals surface area contributed by atoms with Crippen LogP contribution in [-0.2, 0) is 21.2 Å². The zero-order valence-electron chi connectivity index (χ0n) is 14.9. The standard InChI is InChI=1S/C18H19N3O5S/c1-3-18(22)20-10-9-13-11-14(7-8-17(13)20)27(25,26)19-15-5-4-6-16(12(15)2)21(23)24/h4-8,11,19H,3,9-10H2,1-2H3. The summed E-state index contributed by atoms with van der Waals surface area (Å²) in [6, 6.07) is 8.85. The number of benzene rings is 2. The van der Waals surface area contributed by atoms with Crippen molar-refractivity contribution in [2.24, 2.45) is 0 Å². The van der Waals surface area contributed by atoms with Crippen LogP contribution in [0.25, 0.3) is 0 Å². The van der Waals surface area contributed by atoms with Gasteiger partial charge in [0.1, 0.15) is 0 Å². The van der Waals surface area contributed by atoms with Crippen LogP contribution in [-0.4, -0.2) is 25.8 Å². The number of nitrogens with one attached hydrogen (secondary N) is 1. The molecule has 0 unspecified atom stereocenters. The highest BCUT2D eigenvalue weighted by Crippen LogP contribution is 2.32.